The SMILES string of the molecule is CCN(CCNC)Cc1ccc(-c2cnc(N)c(-c3ccc(N(F)c4c[nH]cc(-c5ccc(C)cc5)c4=O)cc3)c2)cc1F. The Hall–Kier alpha value is -4.86. The molecule has 3 aromatic carbocycles. The van der Waals surface area contributed by atoms with Gasteiger partial charge in [0.05, 0.1) is 5.69 Å². The van der Waals surface area contributed by atoms with E-state index in [0.29, 0.717) is 56.4 Å². The average molecular weight is 595 g/mol. The highest BCUT2D eigenvalue weighted by Gasteiger charge is 2.17. The summed E-state index contributed by atoms with van der Waals surface area (Å²) in [5.41, 5.74) is 11.3. The summed E-state index contributed by atoms with van der Waals surface area (Å²) >= 11 is 0. The minimum Gasteiger partial charge on any atom is -0.383 e. The van der Waals surface area contributed by atoms with E-state index in [4.69, 9.17) is 5.73 Å². The van der Waals surface area contributed by atoms with Crippen LogP contribution < -0.4 is 21.6 Å². The van der Waals surface area contributed by atoms with Crippen molar-refractivity contribution in [2.75, 3.05) is 37.5 Å². The number of aryl methyl sites for hydroxylation is 1. The van der Waals surface area contributed by atoms with Gasteiger partial charge in [-0.25, -0.2) is 9.37 Å². The minimum atomic E-state index is -0.432. The lowest BCUT2D eigenvalue weighted by atomic mass is 9.99. The summed E-state index contributed by atoms with van der Waals surface area (Å²) in [6.07, 6.45) is 4.52. The van der Waals surface area contributed by atoms with Crippen LogP contribution in [0.3, 0.4) is 0 Å². The van der Waals surface area contributed by atoms with Crippen molar-refractivity contribution in [3.63, 3.8) is 0 Å². The zero-order valence-corrected chi connectivity index (χ0v) is 25.1. The Morgan fingerprint density at radius 3 is 2.27 bits per heavy atom. The molecule has 2 aromatic heterocycles. The number of H-pyrrole nitrogens is 1. The molecule has 7 nitrogen and oxygen atoms in total. The molecule has 2 heterocycles. The van der Waals surface area contributed by atoms with Gasteiger partial charge in [-0.2, -0.15) is 5.12 Å². The van der Waals surface area contributed by atoms with Crippen molar-refractivity contribution in [2.45, 2.75) is 20.4 Å². The third-order valence-corrected chi connectivity index (χ3v) is 7.73. The molecule has 0 saturated heterocycles. The van der Waals surface area contributed by atoms with Crippen LogP contribution in [-0.4, -0.2) is 41.5 Å². The van der Waals surface area contributed by atoms with E-state index in [1.165, 1.54) is 12.3 Å². The van der Waals surface area contributed by atoms with E-state index in [2.05, 4.69) is 27.1 Å². The smallest absolute Gasteiger partial charge is 0.215 e. The van der Waals surface area contributed by atoms with Gasteiger partial charge in [0.2, 0.25) is 5.43 Å². The van der Waals surface area contributed by atoms with Gasteiger partial charge in [-0.15, -0.1) is 0 Å². The topological polar surface area (TPSA) is 90.3 Å². The van der Waals surface area contributed by atoms with Gasteiger partial charge in [-0.1, -0.05) is 65.5 Å². The molecule has 5 aromatic rings. The summed E-state index contributed by atoms with van der Waals surface area (Å²) in [6, 6.07) is 21.1. The Balaban J connectivity index is 1.37. The summed E-state index contributed by atoms with van der Waals surface area (Å²) in [4.78, 5) is 22.6. The molecule has 0 bridgehead atoms. The quantitative estimate of drug-likeness (QED) is 0.145. The maximum atomic E-state index is 15.6. The van der Waals surface area contributed by atoms with E-state index in [-0.39, 0.29) is 17.2 Å². The Morgan fingerprint density at radius 1 is 0.909 bits per heavy atom. The number of halogens is 2. The lowest BCUT2D eigenvalue weighted by Gasteiger charge is -2.20. The molecule has 44 heavy (non-hydrogen) atoms. The maximum Gasteiger partial charge on any atom is 0.215 e. The summed E-state index contributed by atoms with van der Waals surface area (Å²) in [6.45, 7) is 7.03. The molecule has 0 saturated carbocycles. The Bertz CT molecular complexity index is 1790. The Labute approximate surface area is 255 Å². The third-order valence-electron chi connectivity index (χ3n) is 7.73. The van der Waals surface area contributed by atoms with Crippen LogP contribution in [0, 0.1) is 12.7 Å². The predicted molar refractivity (Wildman–Crippen MR) is 175 cm³/mol. The number of nitrogens with zero attached hydrogens (tertiary/aromatic N) is 3. The van der Waals surface area contributed by atoms with Crippen molar-refractivity contribution in [1.82, 2.24) is 20.2 Å². The number of nitrogens with one attached hydrogen (secondary N) is 2. The van der Waals surface area contributed by atoms with Crippen LogP contribution in [0.4, 0.5) is 26.1 Å². The lowest BCUT2D eigenvalue weighted by Crippen LogP contribution is -2.30. The second-order valence-corrected chi connectivity index (χ2v) is 10.7. The molecule has 4 N–H and O–H groups in total. The molecule has 0 amide bonds. The molecule has 0 radical (unpaired) electrons. The highest BCUT2D eigenvalue weighted by Crippen LogP contribution is 2.33. The van der Waals surface area contributed by atoms with Gasteiger partial charge in [0.25, 0.3) is 0 Å². The first-order valence-electron chi connectivity index (χ1n) is 14.5. The van der Waals surface area contributed by atoms with Crippen molar-refractivity contribution in [2.24, 2.45) is 0 Å². The molecular formula is C35H36F2N6O. The summed E-state index contributed by atoms with van der Waals surface area (Å²) in [5, 5.41) is 3.49. The maximum absolute atomic E-state index is 15.6. The molecule has 226 valence electrons. The number of rotatable bonds is 11. The van der Waals surface area contributed by atoms with Crippen LogP contribution in [0.25, 0.3) is 33.4 Å². The molecule has 0 unspecified atom stereocenters. The van der Waals surface area contributed by atoms with Gasteiger partial charge in [0, 0.05) is 60.5 Å². The van der Waals surface area contributed by atoms with Crippen LogP contribution in [-0.2, 0) is 6.54 Å². The molecule has 0 aliphatic heterocycles. The number of pyridine rings is 2. The number of benzene rings is 3. The zero-order valence-electron chi connectivity index (χ0n) is 25.1. The van der Waals surface area contributed by atoms with Crippen molar-refractivity contribution in [3.8, 4) is 33.4 Å². The van der Waals surface area contributed by atoms with Crippen LogP contribution in [0.15, 0.2) is 96.2 Å². The average Bonchev–Trinajstić information content (AvgIpc) is 3.04. The summed E-state index contributed by atoms with van der Waals surface area (Å²) in [7, 11) is 1.90. The fraction of sp³-hybridized carbons (Fsp3) is 0.200. The van der Waals surface area contributed by atoms with E-state index < -0.39 is 5.43 Å². The second-order valence-electron chi connectivity index (χ2n) is 10.7. The number of likely N-dealkylation sites (N-methyl/N-ethyl adjacent to an activating group) is 2. The monoisotopic (exact) mass is 594 g/mol. The molecule has 0 atom stereocenters. The molecule has 5 rings (SSSR count). The first-order chi connectivity index (χ1) is 21.3. The molecule has 0 aliphatic carbocycles. The number of aromatic amines is 1. The first kappa shape index (κ1) is 30.6. The molecule has 9 heteroatoms. The van der Waals surface area contributed by atoms with Crippen molar-refractivity contribution in [3.05, 3.63) is 119 Å². The highest BCUT2D eigenvalue weighted by atomic mass is 19.2. The van der Waals surface area contributed by atoms with E-state index >= 15 is 8.87 Å². The number of nitrogens with two attached hydrogens (primary N) is 1. The van der Waals surface area contributed by atoms with Gasteiger partial charge in [-0.3, -0.25) is 9.69 Å². The zero-order chi connectivity index (χ0) is 31.2. The fourth-order valence-electron chi connectivity index (χ4n) is 5.06. The highest BCUT2D eigenvalue weighted by molar-refractivity contribution is 5.80. The van der Waals surface area contributed by atoms with Crippen molar-refractivity contribution in [1.29, 1.82) is 0 Å². The molecular weight excluding hydrogens is 558 g/mol. The number of hydrogen-bond donors (Lipinski definition) is 3. The predicted octanol–water partition coefficient (Wildman–Crippen LogP) is 6.86. The van der Waals surface area contributed by atoms with Crippen molar-refractivity contribution < 1.29 is 8.87 Å². The van der Waals surface area contributed by atoms with Crippen LogP contribution in [0.2, 0.25) is 0 Å². The molecule has 0 aliphatic rings. The van der Waals surface area contributed by atoms with E-state index in [1.54, 1.807) is 36.7 Å². The Morgan fingerprint density at radius 2 is 1.59 bits per heavy atom. The number of anilines is 3. The first-order valence-corrected chi connectivity index (χ1v) is 14.5. The van der Waals surface area contributed by atoms with E-state index in [1.807, 2.05) is 56.4 Å². The third kappa shape index (κ3) is 6.69. The van der Waals surface area contributed by atoms with Crippen molar-refractivity contribution >= 4 is 17.2 Å². The van der Waals surface area contributed by atoms with E-state index in [9.17, 15) is 4.79 Å². The Kier molecular flexibility index (Phi) is 9.47. The fourth-order valence-corrected chi connectivity index (χ4v) is 5.06. The standard InChI is InChI=1S/C35H36F2N6O/c1-4-42(16-15-39-3)22-27-10-9-26(18-32(27)36)28-17-30(35(38)41-19-28)24-11-13-29(14-12-24)43(37)33-21-40-20-31(34(33)44)25-7-5-23(2)6-8-25/h5-14,17-21,39H,4,15-16,22H2,1-3H3,(H2,38,41)(H,40,44). The van der Waals surface area contributed by atoms with Gasteiger partial charge in [0.1, 0.15) is 17.3 Å². The van der Waals surface area contributed by atoms with Crippen LogP contribution in [0.5, 0.6) is 0 Å². The number of hydrogen-bond acceptors (Lipinski definition) is 6. The largest absolute Gasteiger partial charge is 0.383 e. The minimum absolute atomic E-state index is 0.131. The second kappa shape index (κ2) is 13.6. The van der Waals surface area contributed by atoms with Crippen LogP contribution >= 0.6 is 0 Å². The number of nitrogen functional groups attached to an aromatic ring is 1. The van der Waals surface area contributed by atoms with Gasteiger partial charge in [-0.05, 0) is 61.5 Å². The molecule has 0 fully saturated rings. The van der Waals surface area contributed by atoms with Crippen LogP contribution in [0.1, 0.15) is 18.1 Å². The van der Waals surface area contributed by atoms with Gasteiger partial charge < -0.3 is 16.0 Å². The lowest BCUT2D eigenvalue weighted by molar-refractivity contribution is 0.278. The van der Waals surface area contributed by atoms with Gasteiger partial charge in [0.15, 0.2) is 0 Å². The summed E-state index contributed by atoms with van der Waals surface area (Å²) in [5.74, 6) is 0.0127. The van der Waals surface area contributed by atoms with Gasteiger partial charge >= 0.3 is 0 Å². The molecule has 0 spiro atoms. The van der Waals surface area contributed by atoms with E-state index in [0.717, 1.165) is 25.2 Å². The summed E-state index contributed by atoms with van der Waals surface area (Å²) < 4.78 is 30.7. The normalized spacial score (nSPS) is 11.2. The number of aromatic nitrogens is 2.